The maximum Gasteiger partial charge on any atom is 0.271 e. The Hall–Kier alpha value is -1.39. The Bertz CT molecular complexity index is 622. The maximum absolute atomic E-state index is 12.1. The number of rotatable bonds is 4. The van der Waals surface area contributed by atoms with Crippen molar-refractivity contribution in [2.24, 2.45) is 0 Å². The van der Waals surface area contributed by atoms with Gasteiger partial charge in [-0.2, -0.15) is 0 Å². The van der Waals surface area contributed by atoms with Gasteiger partial charge in [-0.25, -0.2) is 4.98 Å². The van der Waals surface area contributed by atoms with E-state index in [0.29, 0.717) is 12.1 Å². The molecule has 106 valence electrons. The Morgan fingerprint density at radius 1 is 1.40 bits per heavy atom. The number of carbonyl (C=O) groups excluding carboxylic acids is 1. The molecule has 1 aromatic heterocycles. The van der Waals surface area contributed by atoms with Crippen LogP contribution < -0.4 is 5.32 Å². The first-order valence-electron chi connectivity index (χ1n) is 6.35. The van der Waals surface area contributed by atoms with Gasteiger partial charge < -0.3 is 5.32 Å². The van der Waals surface area contributed by atoms with E-state index in [2.05, 4.69) is 10.3 Å². The van der Waals surface area contributed by atoms with Gasteiger partial charge in [-0.15, -0.1) is 11.3 Å². The zero-order chi connectivity index (χ0) is 14.8. The summed E-state index contributed by atoms with van der Waals surface area (Å²) in [6.45, 7) is 5.84. The molecule has 0 saturated carbocycles. The number of nitrogens with zero attached hydrogens (tertiary/aromatic N) is 1. The zero-order valence-corrected chi connectivity index (χ0v) is 13.3. The normalized spacial score (nSPS) is 11.4. The van der Waals surface area contributed by atoms with Gasteiger partial charge in [0.1, 0.15) is 5.69 Å². The molecular formula is C15H17ClN2OS. The fourth-order valence-electron chi connectivity index (χ4n) is 2.00. The van der Waals surface area contributed by atoms with Crippen molar-refractivity contribution in [3.8, 4) is 0 Å². The molecule has 0 saturated heterocycles. The van der Waals surface area contributed by atoms with Crippen LogP contribution in [-0.2, 0) is 6.42 Å². The highest BCUT2D eigenvalue weighted by molar-refractivity contribution is 7.09. The molecule has 1 N–H and O–H groups in total. The van der Waals surface area contributed by atoms with Crippen LogP contribution >= 0.6 is 22.9 Å². The van der Waals surface area contributed by atoms with Crippen molar-refractivity contribution in [2.75, 3.05) is 0 Å². The van der Waals surface area contributed by atoms with Gasteiger partial charge in [-0.3, -0.25) is 4.79 Å². The maximum atomic E-state index is 12.1. The second-order valence-corrected chi connectivity index (χ2v) is 6.83. The predicted molar refractivity (Wildman–Crippen MR) is 83.6 cm³/mol. The highest BCUT2D eigenvalue weighted by atomic mass is 35.5. The third kappa shape index (κ3) is 3.81. The molecule has 20 heavy (non-hydrogen) atoms. The fourth-order valence-corrected chi connectivity index (χ4v) is 2.80. The number of amides is 1. The van der Waals surface area contributed by atoms with Crippen LogP contribution in [0.4, 0.5) is 0 Å². The highest BCUT2D eigenvalue weighted by Crippen LogP contribution is 2.21. The van der Waals surface area contributed by atoms with Crippen molar-refractivity contribution in [2.45, 2.75) is 32.7 Å². The summed E-state index contributed by atoms with van der Waals surface area (Å²) in [5.41, 5.74) is 1.10. The number of benzene rings is 1. The fraction of sp³-hybridized carbons (Fsp3) is 0.333. The van der Waals surface area contributed by atoms with Crippen molar-refractivity contribution in [3.05, 3.63) is 50.9 Å². The van der Waals surface area contributed by atoms with Crippen LogP contribution in [0.5, 0.6) is 0 Å². The lowest BCUT2D eigenvalue weighted by molar-refractivity contribution is 0.0908. The molecule has 0 radical (unpaired) electrons. The second kappa shape index (κ2) is 5.94. The van der Waals surface area contributed by atoms with Crippen molar-refractivity contribution < 1.29 is 4.79 Å². The Balaban J connectivity index is 2.07. The van der Waals surface area contributed by atoms with Gasteiger partial charge in [0.2, 0.25) is 0 Å². The zero-order valence-electron chi connectivity index (χ0n) is 11.7. The molecule has 0 unspecified atom stereocenters. The second-order valence-electron chi connectivity index (χ2n) is 5.36. The molecular weight excluding hydrogens is 292 g/mol. The molecule has 1 aromatic carbocycles. The van der Waals surface area contributed by atoms with Crippen LogP contribution in [0, 0.1) is 6.92 Å². The number of aryl methyl sites for hydroxylation is 1. The van der Waals surface area contributed by atoms with E-state index in [1.54, 1.807) is 5.38 Å². The third-order valence-corrected chi connectivity index (χ3v) is 4.04. The number of halogens is 1. The lowest BCUT2D eigenvalue weighted by atomic mass is 9.94. The van der Waals surface area contributed by atoms with Gasteiger partial charge in [0, 0.05) is 15.9 Å². The van der Waals surface area contributed by atoms with Crippen molar-refractivity contribution >= 4 is 28.8 Å². The van der Waals surface area contributed by atoms with E-state index in [1.165, 1.54) is 11.3 Å². The number of hydrogen-bond donors (Lipinski definition) is 1. The Kier molecular flexibility index (Phi) is 4.45. The van der Waals surface area contributed by atoms with Crippen LogP contribution in [0.2, 0.25) is 5.02 Å². The number of nitrogens with one attached hydrogen (secondary N) is 1. The summed E-state index contributed by atoms with van der Waals surface area (Å²) in [6.07, 6.45) is 0.668. The van der Waals surface area contributed by atoms with Crippen LogP contribution in [0.1, 0.15) is 34.9 Å². The molecule has 0 bridgehead atoms. The third-order valence-electron chi connectivity index (χ3n) is 2.89. The minimum absolute atomic E-state index is 0.147. The molecule has 0 spiro atoms. The molecule has 0 fully saturated rings. The van der Waals surface area contributed by atoms with Gasteiger partial charge >= 0.3 is 0 Å². The molecule has 1 amide bonds. The van der Waals surface area contributed by atoms with Gasteiger partial charge in [0.25, 0.3) is 5.91 Å². The molecule has 1 heterocycles. The van der Waals surface area contributed by atoms with E-state index in [-0.39, 0.29) is 11.4 Å². The smallest absolute Gasteiger partial charge is 0.271 e. The van der Waals surface area contributed by atoms with Crippen LogP contribution in [-0.4, -0.2) is 16.4 Å². The first kappa shape index (κ1) is 15.0. The minimum atomic E-state index is -0.389. The number of carbonyl (C=O) groups is 1. The molecule has 3 nitrogen and oxygen atoms in total. The molecule has 0 aliphatic rings. The monoisotopic (exact) mass is 308 g/mol. The van der Waals surface area contributed by atoms with Crippen LogP contribution in [0.25, 0.3) is 0 Å². The summed E-state index contributed by atoms with van der Waals surface area (Å²) < 4.78 is 0. The van der Waals surface area contributed by atoms with Crippen LogP contribution in [0.3, 0.4) is 0 Å². The number of hydrogen-bond acceptors (Lipinski definition) is 3. The quantitative estimate of drug-likeness (QED) is 0.932. The summed E-state index contributed by atoms with van der Waals surface area (Å²) in [4.78, 5) is 16.3. The summed E-state index contributed by atoms with van der Waals surface area (Å²) in [6, 6.07) is 7.68. The SMILES string of the molecule is Cc1nc(C(=O)NC(C)(C)Cc2ccccc2Cl)cs1. The van der Waals surface area contributed by atoms with E-state index < -0.39 is 0 Å². The van der Waals surface area contributed by atoms with Crippen LogP contribution in [0.15, 0.2) is 29.6 Å². The van der Waals surface area contributed by atoms with Gasteiger partial charge in [0.15, 0.2) is 0 Å². The molecule has 2 aromatic rings. The molecule has 0 atom stereocenters. The summed E-state index contributed by atoms with van der Waals surface area (Å²) in [5, 5.41) is 6.39. The minimum Gasteiger partial charge on any atom is -0.345 e. The largest absolute Gasteiger partial charge is 0.345 e. The standard InChI is InChI=1S/C15H17ClN2OS/c1-10-17-13(9-20-10)14(19)18-15(2,3)8-11-6-4-5-7-12(11)16/h4-7,9H,8H2,1-3H3,(H,18,19). The van der Waals surface area contributed by atoms with E-state index in [1.807, 2.05) is 45.0 Å². The predicted octanol–water partition coefficient (Wildman–Crippen LogP) is 3.86. The van der Waals surface area contributed by atoms with Gasteiger partial charge in [-0.05, 0) is 38.8 Å². The Morgan fingerprint density at radius 2 is 2.10 bits per heavy atom. The first-order valence-corrected chi connectivity index (χ1v) is 7.61. The Morgan fingerprint density at radius 3 is 2.70 bits per heavy atom. The topological polar surface area (TPSA) is 42.0 Å². The summed E-state index contributed by atoms with van der Waals surface area (Å²) >= 11 is 7.64. The summed E-state index contributed by atoms with van der Waals surface area (Å²) in [7, 11) is 0. The lowest BCUT2D eigenvalue weighted by Gasteiger charge is -2.26. The van der Waals surface area contributed by atoms with Gasteiger partial charge in [0.05, 0.1) is 5.01 Å². The van der Waals surface area contributed by atoms with E-state index in [9.17, 15) is 4.79 Å². The van der Waals surface area contributed by atoms with Gasteiger partial charge in [-0.1, -0.05) is 29.8 Å². The first-order chi connectivity index (χ1) is 9.37. The average molecular weight is 309 g/mol. The lowest BCUT2D eigenvalue weighted by Crippen LogP contribution is -2.45. The molecule has 5 heteroatoms. The highest BCUT2D eigenvalue weighted by Gasteiger charge is 2.23. The summed E-state index contributed by atoms with van der Waals surface area (Å²) in [5.74, 6) is -0.147. The Labute approximate surface area is 128 Å². The number of aromatic nitrogens is 1. The average Bonchev–Trinajstić information content (AvgIpc) is 2.78. The van der Waals surface area contributed by atoms with E-state index in [0.717, 1.165) is 15.6 Å². The molecule has 0 aliphatic heterocycles. The molecule has 0 aliphatic carbocycles. The van der Waals surface area contributed by atoms with Crippen molar-refractivity contribution in [1.29, 1.82) is 0 Å². The number of thiazole rings is 1. The van der Waals surface area contributed by atoms with Crippen molar-refractivity contribution in [3.63, 3.8) is 0 Å². The van der Waals surface area contributed by atoms with Crippen molar-refractivity contribution in [1.82, 2.24) is 10.3 Å². The van der Waals surface area contributed by atoms with E-state index >= 15 is 0 Å². The van der Waals surface area contributed by atoms with E-state index in [4.69, 9.17) is 11.6 Å². The molecule has 2 rings (SSSR count).